The number of benzene rings is 1. The van der Waals surface area contributed by atoms with Crippen LogP contribution in [0.3, 0.4) is 0 Å². The van der Waals surface area contributed by atoms with Crippen molar-refractivity contribution < 1.29 is 8.78 Å². The first-order chi connectivity index (χ1) is 12.0. The standard InChI is InChI=1S/C19H18F2N4/c1-12-13(2)23-24-19(16(12)11-22)25-7-5-14(6-8-25)9-15-3-4-17(20)18(21)10-15/h3-4,9-10H,5-8H2,1-2H3. The molecule has 1 aliphatic rings. The predicted molar refractivity (Wildman–Crippen MR) is 92.0 cm³/mol. The van der Waals surface area contributed by atoms with E-state index < -0.39 is 11.6 Å². The van der Waals surface area contributed by atoms with Crippen LogP contribution in [0.15, 0.2) is 23.8 Å². The Balaban J connectivity index is 1.76. The lowest BCUT2D eigenvalue weighted by molar-refractivity contribution is 0.508. The summed E-state index contributed by atoms with van der Waals surface area (Å²) >= 11 is 0. The van der Waals surface area contributed by atoms with Crippen molar-refractivity contribution in [2.24, 2.45) is 0 Å². The molecule has 2 heterocycles. The molecule has 0 saturated carbocycles. The Morgan fingerprint density at radius 1 is 1.12 bits per heavy atom. The Labute approximate surface area is 145 Å². The summed E-state index contributed by atoms with van der Waals surface area (Å²) in [5.74, 6) is -1.05. The van der Waals surface area contributed by atoms with Gasteiger partial charge in [-0.1, -0.05) is 17.7 Å². The lowest BCUT2D eigenvalue weighted by atomic mass is 10.00. The summed E-state index contributed by atoms with van der Waals surface area (Å²) in [6, 6.07) is 6.14. The quantitative estimate of drug-likeness (QED) is 0.831. The highest BCUT2D eigenvalue weighted by Gasteiger charge is 2.21. The van der Waals surface area contributed by atoms with Gasteiger partial charge in [0, 0.05) is 13.1 Å². The van der Waals surface area contributed by atoms with Crippen LogP contribution >= 0.6 is 0 Å². The SMILES string of the molecule is Cc1nnc(N2CCC(=Cc3ccc(F)c(F)c3)CC2)c(C#N)c1C. The van der Waals surface area contributed by atoms with Crippen LogP contribution < -0.4 is 4.90 Å². The zero-order valence-corrected chi connectivity index (χ0v) is 14.2. The lowest BCUT2D eigenvalue weighted by Gasteiger charge is -2.30. The second kappa shape index (κ2) is 6.98. The minimum atomic E-state index is -0.839. The van der Waals surface area contributed by atoms with Crippen molar-refractivity contribution in [2.75, 3.05) is 18.0 Å². The fourth-order valence-corrected chi connectivity index (χ4v) is 2.94. The van der Waals surface area contributed by atoms with E-state index in [1.165, 1.54) is 6.07 Å². The van der Waals surface area contributed by atoms with Gasteiger partial charge in [0.1, 0.15) is 11.6 Å². The van der Waals surface area contributed by atoms with Gasteiger partial charge in [0.25, 0.3) is 0 Å². The van der Waals surface area contributed by atoms with Crippen molar-refractivity contribution in [3.63, 3.8) is 0 Å². The minimum absolute atomic E-state index is 0.570. The van der Waals surface area contributed by atoms with Crippen molar-refractivity contribution in [2.45, 2.75) is 26.7 Å². The highest BCUT2D eigenvalue weighted by atomic mass is 19.2. The highest BCUT2D eigenvalue weighted by molar-refractivity contribution is 5.59. The Hall–Kier alpha value is -2.81. The molecule has 1 aromatic heterocycles. The van der Waals surface area contributed by atoms with Crippen LogP contribution in [0.1, 0.15) is 35.2 Å². The first kappa shape index (κ1) is 17.0. The van der Waals surface area contributed by atoms with Gasteiger partial charge in [-0.05, 0) is 49.9 Å². The number of hydrogen-bond acceptors (Lipinski definition) is 4. The monoisotopic (exact) mass is 340 g/mol. The average Bonchev–Trinajstić information content (AvgIpc) is 2.61. The van der Waals surface area contributed by atoms with Crippen LogP contribution in [0.4, 0.5) is 14.6 Å². The molecular formula is C19H18F2N4. The van der Waals surface area contributed by atoms with Crippen molar-refractivity contribution in [3.05, 3.63) is 57.8 Å². The van der Waals surface area contributed by atoms with E-state index in [2.05, 4.69) is 21.2 Å². The number of halogens is 2. The molecule has 0 spiro atoms. The number of nitrogens with zero attached hydrogens (tertiary/aromatic N) is 4. The van der Waals surface area contributed by atoms with Crippen LogP contribution in [-0.2, 0) is 0 Å². The van der Waals surface area contributed by atoms with Gasteiger partial charge in [-0.2, -0.15) is 10.4 Å². The Morgan fingerprint density at radius 2 is 1.84 bits per heavy atom. The van der Waals surface area contributed by atoms with E-state index in [-0.39, 0.29) is 0 Å². The summed E-state index contributed by atoms with van der Waals surface area (Å²) < 4.78 is 26.3. The third-order valence-electron chi connectivity index (χ3n) is 4.57. The third kappa shape index (κ3) is 3.50. The maximum Gasteiger partial charge on any atom is 0.169 e. The number of aryl methyl sites for hydroxylation is 1. The maximum absolute atomic E-state index is 13.3. The van der Waals surface area contributed by atoms with Crippen LogP contribution in [-0.4, -0.2) is 23.3 Å². The molecule has 128 valence electrons. The van der Waals surface area contributed by atoms with Gasteiger partial charge >= 0.3 is 0 Å². The van der Waals surface area contributed by atoms with E-state index in [0.717, 1.165) is 35.7 Å². The van der Waals surface area contributed by atoms with Gasteiger partial charge in [0.2, 0.25) is 0 Å². The topological polar surface area (TPSA) is 52.8 Å². The van der Waals surface area contributed by atoms with E-state index in [4.69, 9.17) is 0 Å². The molecule has 25 heavy (non-hydrogen) atoms. The molecule has 1 fully saturated rings. The Kier molecular flexibility index (Phi) is 4.75. The lowest BCUT2D eigenvalue weighted by Crippen LogP contribution is -2.32. The fourth-order valence-electron chi connectivity index (χ4n) is 2.94. The molecular weight excluding hydrogens is 322 g/mol. The molecule has 0 bridgehead atoms. The average molecular weight is 340 g/mol. The van der Waals surface area contributed by atoms with Gasteiger partial charge < -0.3 is 4.90 Å². The zero-order chi connectivity index (χ0) is 18.0. The molecule has 3 rings (SSSR count). The molecule has 0 N–H and O–H groups in total. The largest absolute Gasteiger partial charge is 0.353 e. The Bertz CT molecular complexity index is 874. The molecule has 6 heteroatoms. The predicted octanol–water partition coefficient (Wildman–Crippen LogP) is 3.93. The summed E-state index contributed by atoms with van der Waals surface area (Å²) in [5, 5.41) is 17.8. The first-order valence-corrected chi connectivity index (χ1v) is 8.13. The van der Waals surface area contributed by atoms with Gasteiger partial charge in [-0.25, -0.2) is 8.78 Å². The van der Waals surface area contributed by atoms with Crippen molar-refractivity contribution in [3.8, 4) is 6.07 Å². The van der Waals surface area contributed by atoms with Gasteiger partial charge in [0.15, 0.2) is 17.5 Å². The molecule has 0 atom stereocenters. The molecule has 1 aliphatic heterocycles. The molecule has 1 saturated heterocycles. The fraction of sp³-hybridized carbons (Fsp3) is 0.316. The van der Waals surface area contributed by atoms with E-state index in [9.17, 15) is 14.0 Å². The molecule has 0 aliphatic carbocycles. The van der Waals surface area contributed by atoms with E-state index >= 15 is 0 Å². The van der Waals surface area contributed by atoms with Crippen molar-refractivity contribution in [1.82, 2.24) is 10.2 Å². The van der Waals surface area contributed by atoms with Gasteiger partial charge in [-0.15, -0.1) is 5.10 Å². The van der Waals surface area contributed by atoms with Gasteiger partial charge in [0.05, 0.1) is 5.69 Å². The minimum Gasteiger partial charge on any atom is -0.353 e. The van der Waals surface area contributed by atoms with Crippen LogP contribution in [0.25, 0.3) is 6.08 Å². The summed E-state index contributed by atoms with van der Waals surface area (Å²) in [4.78, 5) is 2.06. The number of hydrogen-bond donors (Lipinski definition) is 0. The van der Waals surface area contributed by atoms with Crippen LogP contribution in [0.5, 0.6) is 0 Å². The second-order valence-electron chi connectivity index (χ2n) is 6.18. The summed E-state index contributed by atoms with van der Waals surface area (Å²) in [6.45, 7) is 5.14. The molecule has 2 aromatic rings. The van der Waals surface area contributed by atoms with Crippen molar-refractivity contribution in [1.29, 1.82) is 5.26 Å². The number of piperidine rings is 1. The summed E-state index contributed by atoms with van der Waals surface area (Å²) in [5.41, 5.74) is 4.01. The molecule has 1 aromatic carbocycles. The van der Waals surface area contributed by atoms with E-state index in [1.54, 1.807) is 6.07 Å². The zero-order valence-electron chi connectivity index (χ0n) is 14.2. The number of nitriles is 1. The normalized spacial score (nSPS) is 14.4. The van der Waals surface area contributed by atoms with Crippen molar-refractivity contribution >= 4 is 11.9 Å². The molecule has 0 unspecified atom stereocenters. The second-order valence-corrected chi connectivity index (χ2v) is 6.18. The van der Waals surface area contributed by atoms with Crippen LogP contribution in [0.2, 0.25) is 0 Å². The third-order valence-corrected chi connectivity index (χ3v) is 4.57. The summed E-state index contributed by atoms with van der Waals surface area (Å²) in [6.07, 6.45) is 3.45. The van der Waals surface area contributed by atoms with Gasteiger partial charge in [-0.3, -0.25) is 0 Å². The Morgan fingerprint density at radius 3 is 2.48 bits per heavy atom. The maximum atomic E-state index is 13.3. The first-order valence-electron chi connectivity index (χ1n) is 8.13. The molecule has 0 amide bonds. The number of aromatic nitrogens is 2. The highest BCUT2D eigenvalue weighted by Crippen LogP contribution is 2.27. The smallest absolute Gasteiger partial charge is 0.169 e. The molecule has 4 nitrogen and oxygen atoms in total. The summed E-state index contributed by atoms with van der Waals surface area (Å²) in [7, 11) is 0. The number of rotatable bonds is 2. The van der Waals surface area contributed by atoms with E-state index in [0.29, 0.717) is 30.0 Å². The van der Waals surface area contributed by atoms with Crippen LogP contribution in [0, 0.1) is 36.8 Å². The molecule has 0 radical (unpaired) electrons. The van der Waals surface area contributed by atoms with E-state index in [1.807, 2.05) is 19.9 Å². The number of anilines is 1.